The van der Waals surface area contributed by atoms with Gasteiger partial charge in [-0.3, -0.25) is 0 Å². The van der Waals surface area contributed by atoms with Gasteiger partial charge < -0.3 is 29.5 Å². The molecular formula is C29H32FN5O3. The molecule has 0 radical (unpaired) electrons. The van der Waals surface area contributed by atoms with E-state index >= 15 is 0 Å². The number of hydrogen-bond donors (Lipinski definition) is 2. The fraction of sp³-hybridized carbons (Fsp3) is 0.448. The molecule has 8 nitrogen and oxygen atoms in total. The van der Waals surface area contributed by atoms with Crippen LogP contribution in [0.15, 0.2) is 60.1 Å². The normalized spacial score (nSPS) is 28.9. The van der Waals surface area contributed by atoms with Crippen molar-refractivity contribution < 1.29 is 19.0 Å². The van der Waals surface area contributed by atoms with Gasteiger partial charge in [-0.1, -0.05) is 18.2 Å². The lowest BCUT2D eigenvalue weighted by Gasteiger charge is -2.59. The van der Waals surface area contributed by atoms with Gasteiger partial charge in [0.15, 0.2) is 0 Å². The fourth-order valence-electron chi connectivity index (χ4n) is 7.05. The summed E-state index contributed by atoms with van der Waals surface area (Å²) in [6.07, 6.45) is 5.74. The summed E-state index contributed by atoms with van der Waals surface area (Å²) < 4.78 is 27.4. The Morgan fingerprint density at radius 2 is 2.03 bits per heavy atom. The van der Waals surface area contributed by atoms with E-state index < -0.39 is 5.54 Å². The first-order valence-corrected chi connectivity index (χ1v) is 13.1. The number of fused-ring (bicyclic) bond motifs is 2. The van der Waals surface area contributed by atoms with Crippen LogP contribution < -0.4 is 10.2 Å². The summed E-state index contributed by atoms with van der Waals surface area (Å²) in [5.74, 6) is 1.76. The summed E-state index contributed by atoms with van der Waals surface area (Å²) in [4.78, 5) is 6.67. The van der Waals surface area contributed by atoms with Gasteiger partial charge in [-0.05, 0) is 61.1 Å². The third-order valence-corrected chi connectivity index (χ3v) is 9.09. The number of ether oxygens (including phenoxy) is 2. The minimum Gasteiger partial charge on any atom is -0.495 e. The lowest BCUT2D eigenvalue weighted by molar-refractivity contribution is -0.153. The van der Waals surface area contributed by atoms with Crippen molar-refractivity contribution in [1.82, 2.24) is 19.9 Å². The number of hydrogen-bond acceptors (Lipinski definition) is 7. The highest BCUT2D eigenvalue weighted by molar-refractivity contribution is 5.94. The lowest BCUT2D eigenvalue weighted by atomic mass is 9.68. The quantitative estimate of drug-likeness (QED) is 0.540. The maximum atomic E-state index is 13.8. The molecule has 2 N–H and O–H groups in total. The van der Waals surface area contributed by atoms with E-state index in [1.807, 2.05) is 17.7 Å². The number of halogens is 1. The van der Waals surface area contributed by atoms with E-state index in [9.17, 15) is 9.50 Å². The van der Waals surface area contributed by atoms with Gasteiger partial charge in [0, 0.05) is 23.6 Å². The Bertz CT molecular complexity index is 1420. The number of amidine groups is 1. The second-order valence-corrected chi connectivity index (χ2v) is 11.5. The van der Waals surface area contributed by atoms with Gasteiger partial charge in [0.25, 0.3) is 0 Å². The smallest absolute Gasteiger partial charge is 0.143 e. The Hall–Kier alpha value is -3.43. The summed E-state index contributed by atoms with van der Waals surface area (Å²) >= 11 is 0. The van der Waals surface area contributed by atoms with Crippen molar-refractivity contribution in [3.63, 3.8) is 0 Å². The summed E-state index contributed by atoms with van der Waals surface area (Å²) in [5.41, 5.74) is 6.35. The predicted molar refractivity (Wildman–Crippen MR) is 140 cm³/mol. The lowest BCUT2D eigenvalue weighted by Crippen LogP contribution is -2.69. The van der Waals surface area contributed by atoms with Crippen molar-refractivity contribution in [2.75, 3.05) is 40.0 Å². The molecule has 1 aliphatic carbocycles. The van der Waals surface area contributed by atoms with Crippen molar-refractivity contribution in [1.29, 1.82) is 0 Å². The van der Waals surface area contributed by atoms with Gasteiger partial charge in [-0.25, -0.2) is 9.37 Å². The number of benzene rings is 2. The van der Waals surface area contributed by atoms with Crippen molar-refractivity contribution in [2.24, 2.45) is 15.9 Å². The number of piperidine rings is 1. The van der Waals surface area contributed by atoms with E-state index in [1.165, 1.54) is 17.7 Å². The molecule has 2 spiro atoms. The van der Waals surface area contributed by atoms with E-state index in [-0.39, 0.29) is 29.2 Å². The number of aliphatic hydroxyl groups excluding tert-OH is 1. The molecule has 3 atom stereocenters. The van der Waals surface area contributed by atoms with Gasteiger partial charge in [0.05, 0.1) is 51.2 Å². The van der Waals surface area contributed by atoms with Crippen LogP contribution in [0.1, 0.15) is 35.6 Å². The van der Waals surface area contributed by atoms with E-state index in [1.54, 1.807) is 25.6 Å². The largest absolute Gasteiger partial charge is 0.495 e. The number of hydrazone groups is 1. The molecule has 0 amide bonds. The maximum absolute atomic E-state index is 13.8. The number of nitrogens with zero attached hydrogens (tertiary/aromatic N) is 4. The molecule has 2 saturated heterocycles. The van der Waals surface area contributed by atoms with Gasteiger partial charge in [-0.2, -0.15) is 5.10 Å². The molecule has 3 unspecified atom stereocenters. The Labute approximate surface area is 221 Å². The topological polar surface area (TPSA) is 84.1 Å². The number of nitrogens with one attached hydrogen (secondary N) is 1. The molecule has 4 heterocycles. The fourth-order valence-corrected chi connectivity index (χ4v) is 7.05. The second kappa shape index (κ2) is 8.28. The molecule has 0 bridgehead atoms. The standard InChI is InChI=1S/C29H32FN5O3/c1-19-11-34(18-31-19)24-8-3-20(9-25(24)37-2)23-10-28(23)12-27(16-38-17-27)14-35-26(28)33-32-13-29(35,15-36)21-4-6-22(30)7-5-21/h3-9,11,18,23,32,36H,10,12-17H2,1-2H3. The van der Waals surface area contributed by atoms with Crippen LogP contribution >= 0.6 is 0 Å². The van der Waals surface area contributed by atoms with Crippen LogP contribution in [-0.4, -0.2) is 65.4 Å². The zero-order chi connectivity index (χ0) is 26.1. The second-order valence-electron chi connectivity index (χ2n) is 11.5. The number of imidazole rings is 1. The molecule has 1 saturated carbocycles. The van der Waals surface area contributed by atoms with Gasteiger partial charge in [-0.15, -0.1) is 0 Å². The molecule has 7 rings (SSSR count). The van der Waals surface area contributed by atoms with Gasteiger partial charge in [0.1, 0.15) is 22.9 Å². The molecule has 38 heavy (non-hydrogen) atoms. The summed E-state index contributed by atoms with van der Waals surface area (Å²) in [7, 11) is 1.70. The number of aliphatic hydroxyl groups is 1. The average molecular weight is 518 g/mol. The minimum atomic E-state index is -0.727. The van der Waals surface area contributed by atoms with Crippen molar-refractivity contribution in [2.45, 2.75) is 31.2 Å². The van der Waals surface area contributed by atoms with Crippen LogP contribution in [0, 0.1) is 23.6 Å². The number of methoxy groups -OCH3 is 1. The van der Waals surface area contributed by atoms with E-state index in [4.69, 9.17) is 14.6 Å². The third kappa shape index (κ3) is 3.34. The first-order chi connectivity index (χ1) is 18.4. The van der Waals surface area contributed by atoms with E-state index in [0.29, 0.717) is 19.8 Å². The van der Waals surface area contributed by atoms with Crippen LogP contribution in [0.2, 0.25) is 0 Å². The Morgan fingerprint density at radius 3 is 2.68 bits per heavy atom. The summed E-state index contributed by atoms with van der Waals surface area (Å²) in [6.45, 7) is 4.47. The highest BCUT2D eigenvalue weighted by atomic mass is 19.1. The molecule has 1 aromatic heterocycles. The van der Waals surface area contributed by atoms with Crippen LogP contribution in [0.4, 0.5) is 4.39 Å². The first kappa shape index (κ1) is 23.7. The molecule has 4 aliphatic rings. The van der Waals surface area contributed by atoms with Crippen LogP contribution in [0.3, 0.4) is 0 Å². The molecular weight excluding hydrogens is 485 g/mol. The summed E-state index contributed by atoms with van der Waals surface area (Å²) in [6, 6.07) is 12.9. The van der Waals surface area contributed by atoms with E-state index in [2.05, 4.69) is 33.5 Å². The third-order valence-electron chi connectivity index (χ3n) is 9.09. The average Bonchev–Trinajstić information content (AvgIpc) is 3.46. The van der Waals surface area contributed by atoms with Crippen molar-refractivity contribution in [3.05, 3.63) is 77.6 Å². The van der Waals surface area contributed by atoms with Gasteiger partial charge >= 0.3 is 0 Å². The number of aryl methyl sites for hydroxylation is 1. The number of rotatable bonds is 5. The summed E-state index contributed by atoms with van der Waals surface area (Å²) in [5, 5.41) is 15.7. The molecule has 3 aliphatic heterocycles. The predicted octanol–water partition coefficient (Wildman–Crippen LogP) is 3.33. The molecule has 2 aromatic carbocycles. The van der Waals surface area contributed by atoms with Crippen LogP contribution in [0.5, 0.6) is 5.75 Å². The zero-order valence-corrected chi connectivity index (χ0v) is 21.7. The SMILES string of the molecule is COc1cc(C2CC23CC2(COC2)CN2C3=NNCC2(CO)c2ccc(F)cc2)ccc1-n1cnc(C)c1. The minimum absolute atomic E-state index is 0.00389. The van der Waals surface area contributed by atoms with E-state index in [0.717, 1.165) is 47.9 Å². The monoisotopic (exact) mass is 517 g/mol. The Balaban J connectivity index is 1.28. The highest BCUT2D eigenvalue weighted by Gasteiger charge is 2.69. The maximum Gasteiger partial charge on any atom is 0.143 e. The van der Waals surface area contributed by atoms with Crippen molar-refractivity contribution >= 4 is 5.84 Å². The molecule has 3 fully saturated rings. The Kier molecular flexibility index (Phi) is 5.16. The van der Waals surface area contributed by atoms with Crippen LogP contribution in [-0.2, 0) is 10.3 Å². The number of aromatic nitrogens is 2. The first-order valence-electron chi connectivity index (χ1n) is 13.1. The van der Waals surface area contributed by atoms with Crippen LogP contribution in [0.25, 0.3) is 5.69 Å². The van der Waals surface area contributed by atoms with Gasteiger partial charge in [0.2, 0.25) is 0 Å². The Morgan fingerprint density at radius 1 is 1.21 bits per heavy atom. The molecule has 3 aromatic rings. The molecule has 198 valence electrons. The highest BCUT2D eigenvalue weighted by Crippen LogP contribution is 2.69. The zero-order valence-electron chi connectivity index (χ0n) is 21.7. The van der Waals surface area contributed by atoms with Crippen molar-refractivity contribution in [3.8, 4) is 11.4 Å². The molecule has 9 heteroatoms.